The maximum atomic E-state index is 13.6. The van der Waals surface area contributed by atoms with Crippen LogP contribution in [0.2, 0.25) is 0 Å². The van der Waals surface area contributed by atoms with E-state index in [0.29, 0.717) is 22.9 Å². The molecule has 0 radical (unpaired) electrons. The van der Waals surface area contributed by atoms with Crippen LogP contribution >= 0.6 is 23.1 Å². The Hall–Kier alpha value is -1.42. The fourth-order valence-corrected chi connectivity index (χ4v) is 4.19. The lowest BCUT2D eigenvalue weighted by Crippen LogP contribution is -2.21. The van der Waals surface area contributed by atoms with Crippen LogP contribution in [-0.4, -0.2) is 21.2 Å². The molecule has 1 fully saturated rings. The summed E-state index contributed by atoms with van der Waals surface area (Å²) in [5, 5.41) is 11.4. The van der Waals surface area contributed by atoms with Crippen LogP contribution in [0.25, 0.3) is 0 Å². The number of hydrogen-bond acceptors (Lipinski definition) is 6. The minimum atomic E-state index is -1.68. The normalized spacial score (nSPS) is 15.8. The van der Waals surface area contributed by atoms with Gasteiger partial charge in [0.2, 0.25) is 5.13 Å². The number of halogens is 4. The standard InChI is InChI=1S/C13H12F4N4S2/c14-7-9(8(15)11(17)19-10(7)16)22-13-21-20-12(23-13)18-6-4-2-1-3-5-6/h6H,1-5H2,(H,18,20). The summed E-state index contributed by atoms with van der Waals surface area (Å²) in [5.41, 5.74) is 0. The molecule has 0 aliphatic heterocycles. The van der Waals surface area contributed by atoms with E-state index in [0.717, 1.165) is 37.0 Å². The molecule has 0 amide bonds. The van der Waals surface area contributed by atoms with Gasteiger partial charge in [-0.1, -0.05) is 42.4 Å². The maximum absolute atomic E-state index is 13.6. The van der Waals surface area contributed by atoms with Crippen LogP contribution in [0.5, 0.6) is 0 Å². The van der Waals surface area contributed by atoms with Crippen molar-refractivity contribution in [2.75, 3.05) is 5.32 Å². The fraction of sp³-hybridized carbons (Fsp3) is 0.462. The van der Waals surface area contributed by atoms with Gasteiger partial charge in [0.05, 0.1) is 4.90 Å². The second kappa shape index (κ2) is 7.00. The second-order valence-corrected chi connectivity index (χ2v) is 7.34. The Morgan fingerprint density at radius 3 is 2.26 bits per heavy atom. The van der Waals surface area contributed by atoms with E-state index in [1.54, 1.807) is 0 Å². The molecule has 1 aliphatic carbocycles. The van der Waals surface area contributed by atoms with Crippen molar-refractivity contribution in [3.63, 3.8) is 0 Å². The summed E-state index contributed by atoms with van der Waals surface area (Å²) in [5.74, 6) is -6.44. The third-order valence-corrected chi connectivity index (χ3v) is 5.45. The summed E-state index contributed by atoms with van der Waals surface area (Å²) in [6, 6.07) is 0.304. The van der Waals surface area contributed by atoms with Gasteiger partial charge in [0, 0.05) is 6.04 Å². The highest BCUT2D eigenvalue weighted by Gasteiger charge is 2.23. The summed E-state index contributed by atoms with van der Waals surface area (Å²) in [6.07, 6.45) is 5.57. The third-order valence-electron chi connectivity index (χ3n) is 3.49. The molecule has 0 unspecified atom stereocenters. The van der Waals surface area contributed by atoms with Gasteiger partial charge in [-0.05, 0) is 12.8 Å². The van der Waals surface area contributed by atoms with Crippen LogP contribution in [0.3, 0.4) is 0 Å². The second-order valence-electron chi connectivity index (χ2n) is 5.10. The number of anilines is 1. The van der Waals surface area contributed by atoms with Gasteiger partial charge in [-0.2, -0.15) is 13.8 Å². The Kier molecular flexibility index (Phi) is 5.00. The van der Waals surface area contributed by atoms with E-state index in [9.17, 15) is 17.6 Å². The highest BCUT2D eigenvalue weighted by Crippen LogP contribution is 2.36. The van der Waals surface area contributed by atoms with Gasteiger partial charge >= 0.3 is 0 Å². The molecule has 10 heteroatoms. The van der Waals surface area contributed by atoms with Crippen LogP contribution in [0.1, 0.15) is 32.1 Å². The molecule has 0 saturated heterocycles. The van der Waals surface area contributed by atoms with Gasteiger partial charge in [-0.25, -0.2) is 8.78 Å². The molecule has 0 spiro atoms. The van der Waals surface area contributed by atoms with Crippen molar-refractivity contribution >= 4 is 28.2 Å². The molecule has 2 heterocycles. The highest BCUT2D eigenvalue weighted by atomic mass is 32.2. The van der Waals surface area contributed by atoms with Crippen molar-refractivity contribution in [2.45, 2.75) is 47.4 Å². The van der Waals surface area contributed by atoms with E-state index in [4.69, 9.17) is 0 Å². The topological polar surface area (TPSA) is 50.7 Å². The summed E-state index contributed by atoms with van der Waals surface area (Å²) >= 11 is 1.57. The SMILES string of the molecule is Fc1nc(F)c(F)c(Sc2nnc(NC3CCCCC3)s2)c1F. The third kappa shape index (κ3) is 3.74. The zero-order chi connectivity index (χ0) is 16.4. The van der Waals surface area contributed by atoms with Gasteiger partial charge in [-0.3, -0.25) is 0 Å². The van der Waals surface area contributed by atoms with Crippen LogP contribution in [0, 0.1) is 23.5 Å². The van der Waals surface area contributed by atoms with E-state index in [1.165, 1.54) is 6.42 Å². The quantitative estimate of drug-likeness (QED) is 0.644. The van der Waals surface area contributed by atoms with E-state index in [2.05, 4.69) is 20.5 Å². The first-order valence-corrected chi connectivity index (χ1v) is 8.66. The van der Waals surface area contributed by atoms with Gasteiger partial charge in [0.15, 0.2) is 16.0 Å². The first-order valence-electron chi connectivity index (χ1n) is 7.02. The first-order chi connectivity index (χ1) is 11.0. The lowest BCUT2D eigenvalue weighted by atomic mass is 9.96. The predicted molar refractivity (Wildman–Crippen MR) is 78.6 cm³/mol. The van der Waals surface area contributed by atoms with Crippen LogP contribution in [-0.2, 0) is 0 Å². The summed E-state index contributed by atoms with van der Waals surface area (Å²) in [7, 11) is 0. The van der Waals surface area contributed by atoms with Crippen molar-refractivity contribution in [1.29, 1.82) is 0 Å². The van der Waals surface area contributed by atoms with Crippen molar-refractivity contribution in [1.82, 2.24) is 15.2 Å². The lowest BCUT2D eigenvalue weighted by Gasteiger charge is -2.21. The molecule has 124 valence electrons. The zero-order valence-electron chi connectivity index (χ0n) is 11.8. The van der Waals surface area contributed by atoms with Crippen molar-refractivity contribution < 1.29 is 17.6 Å². The Morgan fingerprint density at radius 2 is 1.61 bits per heavy atom. The van der Waals surface area contributed by atoms with Gasteiger partial charge in [0.1, 0.15) is 0 Å². The van der Waals surface area contributed by atoms with Crippen LogP contribution in [0.15, 0.2) is 9.24 Å². The Morgan fingerprint density at radius 1 is 0.957 bits per heavy atom. The molecular formula is C13H12F4N4S2. The molecule has 1 N–H and O–H groups in total. The zero-order valence-corrected chi connectivity index (χ0v) is 13.4. The van der Waals surface area contributed by atoms with Gasteiger partial charge in [0.25, 0.3) is 11.9 Å². The first kappa shape index (κ1) is 16.4. The highest BCUT2D eigenvalue weighted by molar-refractivity contribution is 8.01. The van der Waals surface area contributed by atoms with E-state index in [-0.39, 0.29) is 4.34 Å². The molecule has 0 atom stereocenters. The maximum Gasteiger partial charge on any atom is 0.252 e. The largest absolute Gasteiger partial charge is 0.357 e. The molecule has 4 nitrogen and oxygen atoms in total. The molecule has 0 aromatic carbocycles. The van der Waals surface area contributed by atoms with Crippen LogP contribution in [0.4, 0.5) is 22.7 Å². The molecule has 3 rings (SSSR count). The average Bonchev–Trinajstić information content (AvgIpc) is 2.98. The number of aromatic nitrogens is 3. The summed E-state index contributed by atoms with van der Waals surface area (Å²) in [4.78, 5) is 1.71. The van der Waals surface area contributed by atoms with Gasteiger partial charge in [-0.15, -0.1) is 10.2 Å². The molecule has 23 heavy (non-hydrogen) atoms. The van der Waals surface area contributed by atoms with E-state index >= 15 is 0 Å². The van der Waals surface area contributed by atoms with Crippen molar-refractivity contribution in [3.05, 3.63) is 23.5 Å². The van der Waals surface area contributed by atoms with Crippen molar-refractivity contribution in [2.24, 2.45) is 0 Å². The van der Waals surface area contributed by atoms with Gasteiger partial charge < -0.3 is 5.32 Å². The van der Waals surface area contributed by atoms with Crippen LogP contribution < -0.4 is 5.32 Å². The minimum Gasteiger partial charge on any atom is -0.357 e. The summed E-state index contributed by atoms with van der Waals surface area (Å²) < 4.78 is 53.5. The molecule has 2 aromatic rings. The summed E-state index contributed by atoms with van der Waals surface area (Å²) in [6.45, 7) is 0. The molecule has 0 bridgehead atoms. The lowest BCUT2D eigenvalue weighted by molar-refractivity contribution is 0.383. The molecule has 1 aliphatic rings. The van der Waals surface area contributed by atoms with Crippen molar-refractivity contribution in [3.8, 4) is 0 Å². The molecular weight excluding hydrogens is 352 g/mol. The minimum absolute atomic E-state index is 0.186. The monoisotopic (exact) mass is 364 g/mol. The molecule has 2 aromatic heterocycles. The van der Waals surface area contributed by atoms with E-state index in [1.807, 2.05) is 0 Å². The predicted octanol–water partition coefficient (Wildman–Crippen LogP) is 4.39. The smallest absolute Gasteiger partial charge is 0.252 e. The Bertz CT molecular complexity index is 677. The number of nitrogens with zero attached hydrogens (tertiary/aromatic N) is 3. The molecule has 1 saturated carbocycles. The number of rotatable bonds is 4. The number of nitrogens with one attached hydrogen (secondary N) is 1. The number of hydrogen-bond donors (Lipinski definition) is 1. The average molecular weight is 364 g/mol. The number of pyridine rings is 1. The van der Waals surface area contributed by atoms with E-state index < -0.39 is 28.4 Å². The Balaban J connectivity index is 1.74. The Labute approximate surface area is 137 Å². The fourth-order valence-electron chi connectivity index (χ4n) is 2.38.